The second-order valence-corrected chi connectivity index (χ2v) is 5.29. The Hall–Kier alpha value is -1.90. The highest BCUT2D eigenvalue weighted by Gasteiger charge is 2.14. The maximum atomic E-state index is 11.4. The Kier molecular flexibility index (Phi) is 2.97. The first kappa shape index (κ1) is 12.2. The van der Waals surface area contributed by atoms with Crippen molar-refractivity contribution in [3.63, 3.8) is 0 Å². The van der Waals surface area contributed by atoms with E-state index in [-0.39, 0.29) is 5.78 Å². The molecule has 0 spiro atoms. The minimum atomic E-state index is 0.0137. The van der Waals surface area contributed by atoms with Gasteiger partial charge >= 0.3 is 0 Å². The standard InChI is InChI=1S/C16H18N2O/c1-11(19)15-10-16(18(2)17-15)14-8-7-12-5-3-4-6-13(12)9-14/h7-10H,3-6H2,1-2H3. The summed E-state index contributed by atoms with van der Waals surface area (Å²) in [5, 5.41) is 4.27. The molecule has 19 heavy (non-hydrogen) atoms. The molecule has 1 aromatic carbocycles. The molecule has 1 aliphatic rings. The van der Waals surface area contributed by atoms with Gasteiger partial charge in [0.25, 0.3) is 0 Å². The molecule has 0 N–H and O–H groups in total. The Bertz CT molecular complexity index is 640. The summed E-state index contributed by atoms with van der Waals surface area (Å²) in [6, 6.07) is 8.51. The monoisotopic (exact) mass is 254 g/mol. The first-order chi connectivity index (χ1) is 9.15. The maximum absolute atomic E-state index is 11.4. The van der Waals surface area contributed by atoms with Crippen LogP contribution >= 0.6 is 0 Å². The summed E-state index contributed by atoms with van der Waals surface area (Å²) in [4.78, 5) is 11.4. The van der Waals surface area contributed by atoms with E-state index < -0.39 is 0 Å². The summed E-state index contributed by atoms with van der Waals surface area (Å²) in [5.74, 6) is 0.0137. The molecule has 98 valence electrons. The van der Waals surface area contributed by atoms with E-state index in [2.05, 4.69) is 23.3 Å². The van der Waals surface area contributed by atoms with E-state index in [1.807, 2.05) is 13.1 Å². The normalized spacial score (nSPS) is 14.2. The quantitative estimate of drug-likeness (QED) is 0.771. The van der Waals surface area contributed by atoms with Crippen LogP contribution in [0.1, 0.15) is 41.4 Å². The van der Waals surface area contributed by atoms with Crippen molar-refractivity contribution in [3.8, 4) is 11.3 Å². The second kappa shape index (κ2) is 4.65. The van der Waals surface area contributed by atoms with E-state index >= 15 is 0 Å². The van der Waals surface area contributed by atoms with E-state index in [4.69, 9.17) is 0 Å². The molecule has 3 nitrogen and oxygen atoms in total. The zero-order chi connectivity index (χ0) is 13.4. The lowest BCUT2D eigenvalue weighted by molar-refractivity contribution is 0.101. The molecule has 0 saturated carbocycles. The molecule has 3 rings (SSSR count). The molecular formula is C16H18N2O. The molecule has 1 aliphatic carbocycles. The number of aryl methyl sites for hydroxylation is 3. The van der Waals surface area contributed by atoms with Gasteiger partial charge in [0, 0.05) is 19.5 Å². The van der Waals surface area contributed by atoms with Crippen LogP contribution < -0.4 is 0 Å². The number of benzene rings is 1. The van der Waals surface area contributed by atoms with Crippen molar-refractivity contribution in [2.45, 2.75) is 32.6 Å². The summed E-state index contributed by atoms with van der Waals surface area (Å²) >= 11 is 0. The third kappa shape index (κ3) is 2.21. The zero-order valence-electron chi connectivity index (χ0n) is 11.4. The molecule has 2 aromatic rings. The van der Waals surface area contributed by atoms with E-state index in [1.54, 1.807) is 11.6 Å². The zero-order valence-corrected chi connectivity index (χ0v) is 11.4. The van der Waals surface area contributed by atoms with E-state index in [0.717, 1.165) is 11.3 Å². The minimum absolute atomic E-state index is 0.0137. The number of hydrogen-bond acceptors (Lipinski definition) is 2. The Labute approximate surface area is 113 Å². The SMILES string of the molecule is CC(=O)c1cc(-c2ccc3c(c2)CCCC3)n(C)n1. The smallest absolute Gasteiger partial charge is 0.180 e. The number of ketones is 1. The highest BCUT2D eigenvalue weighted by molar-refractivity contribution is 5.93. The molecular weight excluding hydrogens is 236 g/mol. The average molecular weight is 254 g/mol. The molecule has 0 amide bonds. The molecule has 0 unspecified atom stereocenters. The molecule has 0 saturated heterocycles. The number of carbonyl (C=O) groups excluding carboxylic acids is 1. The Balaban J connectivity index is 2.04. The molecule has 0 bridgehead atoms. The summed E-state index contributed by atoms with van der Waals surface area (Å²) in [6.45, 7) is 1.55. The fourth-order valence-electron chi connectivity index (χ4n) is 2.80. The summed E-state index contributed by atoms with van der Waals surface area (Å²) in [6.07, 6.45) is 4.94. The Morgan fingerprint density at radius 1 is 1.16 bits per heavy atom. The third-order valence-corrected chi connectivity index (χ3v) is 3.88. The summed E-state index contributed by atoms with van der Waals surface area (Å²) in [5.41, 5.74) is 5.63. The van der Waals surface area contributed by atoms with Gasteiger partial charge in [0.2, 0.25) is 0 Å². The molecule has 0 atom stereocenters. The van der Waals surface area contributed by atoms with Gasteiger partial charge in [-0.25, -0.2) is 0 Å². The van der Waals surface area contributed by atoms with Crippen LogP contribution in [-0.4, -0.2) is 15.6 Å². The fourth-order valence-corrected chi connectivity index (χ4v) is 2.80. The number of hydrogen-bond donors (Lipinski definition) is 0. The van der Waals surface area contributed by atoms with Crippen LogP contribution in [0.2, 0.25) is 0 Å². The van der Waals surface area contributed by atoms with Crippen LogP contribution in [0.3, 0.4) is 0 Å². The first-order valence-corrected chi connectivity index (χ1v) is 6.82. The third-order valence-electron chi connectivity index (χ3n) is 3.88. The van der Waals surface area contributed by atoms with Crippen LogP contribution in [0, 0.1) is 0 Å². The Morgan fingerprint density at radius 2 is 1.89 bits per heavy atom. The molecule has 1 aromatic heterocycles. The van der Waals surface area contributed by atoms with E-state index in [0.29, 0.717) is 5.69 Å². The van der Waals surface area contributed by atoms with Gasteiger partial charge in [0.1, 0.15) is 5.69 Å². The highest BCUT2D eigenvalue weighted by atomic mass is 16.1. The molecule has 3 heteroatoms. The van der Waals surface area contributed by atoms with Gasteiger partial charge < -0.3 is 0 Å². The number of fused-ring (bicyclic) bond motifs is 1. The molecule has 0 radical (unpaired) electrons. The van der Waals surface area contributed by atoms with Crippen LogP contribution in [0.5, 0.6) is 0 Å². The molecule has 0 fully saturated rings. The van der Waals surface area contributed by atoms with Crippen molar-refractivity contribution in [1.29, 1.82) is 0 Å². The van der Waals surface area contributed by atoms with Gasteiger partial charge in [0.05, 0.1) is 5.69 Å². The predicted molar refractivity (Wildman–Crippen MR) is 75.3 cm³/mol. The van der Waals surface area contributed by atoms with Crippen LogP contribution in [-0.2, 0) is 19.9 Å². The molecule has 1 heterocycles. The van der Waals surface area contributed by atoms with Gasteiger partial charge in [0.15, 0.2) is 5.78 Å². The summed E-state index contributed by atoms with van der Waals surface area (Å²) in [7, 11) is 1.89. The number of aromatic nitrogens is 2. The second-order valence-electron chi connectivity index (χ2n) is 5.29. The average Bonchev–Trinajstić information content (AvgIpc) is 2.80. The molecule has 0 aliphatic heterocycles. The van der Waals surface area contributed by atoms with Gasteiger partial charge in [-0.3, -0.25) is 9.48 Å². The van der Waals surface area contributed by atoms with Crippen molar-refractivity contribution >= 4 is 5.78 Å². The lowest BCUT2D eigenvalue weighted by Gasteiger charge is -2.16. The summed E-state index contributed by atoms with van der Waals surface area (Å²) < 4.78 is 1.79. The topological polar surface area (TPSA) is 34.9 Å². The Morgan fingerprint density at radius 3 is 2.58 bits per heavy atom. The number of Topliss-reactive ketones (excluding diaryl/α,β-unsaturated/α-hetero) is 1. The van der Waals surface area contributed by atoms with E-state index in [1.165, 1.54) is 36.8 Å². The van der Waals surface area contributed by atoms with Crippen LogP contribution in [0.25, 0.3) is 11.3 Å². The number of carbonyl (C=O) groups is 1. The fraction of sp³-hybridized carbons (Fsp3) is 0.375. The first-order valence-electron chi connectivity index (χ1n) is 6.82. The largest absolute Gasteiger partial charge is 0.293 e. The van der Waals surface area contributed by atoms with Crippen molar-refractivity contribution in [2.24, 2.45) is 7.05 Å². The highest BCUT2D eigenvalue weighted by Crippen LogP contribution is 2.27. The van der Waals surface area contributed by atoms with Crippen molar-refractivity contribution < 1.29 is 4.79 Å². The van der Waals surface area contributed by atoms with Crippen molar-refractivity contribution in [2.75, 3.05) is 0 Å². The van der Waals surface area contributed by atoms with Gasteiger partial charge in [-0.2, -0.15) is 5.10 Å². The van der Waals surface area contributed by atoms with Gasteiger partial charge in [-0.1, -0.05) is 12.1 Å². The van der Waals surface area contributed by atoms with Crippen LogP contribution in [0.15, 0.2) is 24.3 Å². The minimum Gasteiger partial charge on any atom is -0.293 e. The lowest BCUT2D eigenvalue weighted by atomic mass is 9.90. The number of nitrogens with zero attached hydrogens (tertiary/aromatic N) is 2. The van der Waals surface area contributed by atoms with Crippen molar-refractivity contribution in [3.05, 3.63) is 41.1 Å². The maximum Gasteiger partial charge on any atom is 0.180 e. The van der Waals surface area contributed by atoms with Gasteiger partial charge in [-0.15, -0.1) is 0 Å². The predicted octanol–water partition coefficient (Wildman–Crippen LogP) is 3.17. The van der Waals surface area contributed by atoms with Crippen molar-refractivity contribution in [1.82, 2.24) is 9.78 Å². The number of rotatable bonds is 2. The van der Waals surface area contributed by atoms with Gasteiger partial charge in [-0.05, 0) is 48.9 Å². The van der Waals surface area contributed by atoms with Crippen LogP contribution in [0.4, 0.5) is 0 Å². The lowest BCUT2D eigenvalue weighted by Crippen LogP contribution is -2.03. The van der Waals surface area contributed by atoms with E-state index in [9.17, 15) is 4.79 Å².